The molecule has 1 fully saturated rings. The van der Waals surface area contributed by atoms with Crippen molar-refractivity contribution < 1.29 is 14.4 Å². The van der Waals surface area contributed by atoms with Gasteiger partial charge >= 0.3 is 0 Å². The lowest BCUT2D eigenvalue weighted by atomic mass is 9.96. The van der Waals surface area contributed by atoms with Gasteiger partial charge in [-0.3, -0.25) is 14.4 Å². The number of carbonyl (C=O) groups excluding carboxylic acids is 3. The number of rotatable bonds is 4. The van der Waals surface area contributed by atoms with Gasteiger partial charge in [0.05, 0.1) is 6.54 Å². The van der Waals surface area contributed by atoms with Crippen LogP contribution in [0.1, 0.15) is 44.0 Å². The van der Waals surface area contributed by atoms with Crippen molar-refractivity contribution in [3.63, 3.8) is 0 Å². The monoisotopic (exact) mass is 331 g/mol. The highest BCUT2D eigenvalue weighted by atomic mass is 16.2. The molecule has 3 amide bonds. The molecule has 0 spiro atoms. The van der Waals surface area contributed by atoms with Gasteiger partial charge in [-0.2, -0.15) is 0 Å². The summed E-state index contributed by atoms with van der Waals surface area (Å²) in [7, 11) is 0. The summed E-state index contributed by atoms with van der Waals surface area (Å²) in [5, 5.41) is 5.30. The van der Waals surface area contributed by atoms with E-state index in [9.17, 15) is 14.4 Å². The molecule has 1 aromatic carbocycles. The highest BCUT2D eigenvalue weighted by Crippen LogP contribution is 2.15. The molecule has 24 heavy (non-hydrogen) atoms. The molecular weight excluding hydrogens is 306 g/mol. The van der Waals surface area contributed by atoms with Crippen LogP contribution in [0.4, 0.5) is 5.69 Å². The number of hydrogen-bond donors (Lipinski definition) is 2. The maximum absolute atomic E-state index is 12.2. The Kier molecular flexibility index (Phi) is 5.59. The van der Waals surface area contributed by atoms with Crippen molar-refractivity contribution in [1.82, 2.24) is 10.2 Å². The second-order valence-electron chi connectivity index (χ2n) is 7.06. The molecule has 0 aliphatic carbocycles. The molecule has 0 aromatic heterocycles. The molecule has 1 saturated heterocycles. The van der Waals surface area contributed by atoms with Crippen LogP contribution in [-0.2, 0) is 9.59 Å². The van der Waals surface area contributed by atoms with Crippen molar-refractivity contribution >= 4 is 23.4 Å². The molecule has 0 unspecified atom stereocenters. The van der Waals surface area contributed by atoms with Crippen molar-refractivity contribution in [2.45, 2.75) is 33.6 Å². The summed E-state index contributed by atoms with van der Waals surface area (Å²) < 4.78 is 0. The van der Waals surface area contributed by atoms with Crippen LogP contribution in [0.3, 0.4) is 0 Å². The molecule has 1 aromatic rings. The smallest absolute Gasteiger partial charge is 0.253 e. The number of amides is 3. The normalized spacial score (nSPS) is 14.4. The van der Waals surface area contributed by atoms with Crippen LogP contribution < -0.4 is 10.6 Å². The van der Waals surface area contributed by atoms with E-state index in [1.807, 2.05) is 4.90 Å². The fourth-order valence-corrected chi connectivity index (χ4v) is 2.43. The number of anilines is 1. The molecule has 0 radical (unpaired) electrons. The number of benzene rings is 1. The largest absolute Gasteiger partial charge is 0.347 e. The maximum atomic E-state index is 12.2. The zero-order valence-electron chi connectivity index (χ0n) is 14.5. The Morgan fingerprint density at radius 2 is 1.62 bits per heavy atom. The SMILES string of the molecule is CC(C)(C)C(=O)NCC(=O)Nc1ccc(C(=O)N2CCCC2)cc1. The Labute approximate surface area is 142 Å². The van der Waals surface area contributed by atoms with Crippen LogP contribution in [0.5, 0.6) is 0 Å². The van der Waals surface area contributed by atoms with Gasteiger partial charge in [0.1, 0.15) is 0 Å². The van der Waals surface area contributed by atoms with Crippen LogP contribution in [0.2, 0.25) is 0 Å². The lowest BCUT2D eigenvalue weighted by Gasteiger charge is -2.17. The molecule has 2 rings (SSSR count). The van der Waals surface area contributed by atoms with Gasteiger partial charge in [0.2, 0.25) is 11.8 Å². The topological polar surface area (TPSA) is 78.5 Å². The van der Waals surface area contributed by atoms with Gasteiger partial charge in [-0.1, -0.05) is 20.8 Å². The van der Waals surface area contributed by atoms with Crippen molar-refractivity contribution in [1.29, 1.82) is 0 Å². The first-order valence-electron chi connectivity index (χ1n) is 8.25. The van der Waals surface area contributed by atoms with Crippen LogP contribution in [0.15, 0.2) is 24.3 Å². The third-order valence-corrected chi connectivity index (χ3v) is 3.90. The molecule has 130 valence electrons. The second-order valence-corrected chi connectivity index (χ2v) is 7.06. The summed E-state index contributed by atoms with van der Waals surface area (Å²) in [5.41, 5.74) is 0.691. The average Bonchev–Trinajstić information content (AvgIpc) is 3.06. The zero-order chi connectivity index (χ0) is 17.7. The van der Waals surface area contributed by atoms with Gasteiger partial charge in [0.15, 0.2) is 0 Å². The Bertz CT molecular complexity index is 611. The van der Waals surface area contributed by atoms with Gasteiger partial charge in [-0.05, 0) is 37.1 Å². The predicted octanol–water partition coefficient (Wildman–Crippen LogP) is 2.02. The Hall–Kier alpha value is -2.37. The van der Waals surface area contributed by atoms with E-state index in [1.54, 1.807) is 45.0 Å². The molecule has 2 N–H and O–H groups in total. The van der Waals surface area contributed by atoms with Gasteiger partial charge in [0, 0.05) is 29.8 Å². The third-order valence-electron chi connectivity index (χ3n) is 3.90. The summed E-state index contributed by atoms with van der Waals surface area (Å²) in [5.74, 6) is -0.446. The molecule has 1 heterocycles. The Morgan fingerprint density at radius 1 is 1.04 bits per heavy atom. The Morgan fingerprint density at radius 3 is 2.17 bits per heavy atom. The number of hydrogen-bond acceptors (Lipinski definition) is 3. The van der Waals surface area contributed by atoms with Gasteiger partial charge in [-0.25, -0.2) is 0 Å². The van der Waals surface area contributed by atoms with Gasteiger partial charge in [-0.15, -0.1) is 0 Å². The fourth-order valence-electron chi connectivity index (χ4n) is 2.43. The van der Waals surface area contributed by atoms with E-state index in [4.69, 9.17) is 0 Å². The van der Waals surface area contributed by atoms with Crippen LogP contribution in [-0.4, -0.2) is 42.3 Å². The minimum Gasteiger partial charge on any atom is -0.347 e. The highest BCUT2D eigenvalue weighted by molar-refractivity contribution is 5.97. The maximum Gasteiger partial charge on any atom is 0.253 e. The number of nitrogens with one attached hydrogen (secondary N) is 2. The van der Waals surface area contributed by atoms with Crippen molar-refractivity contribution in [2.24, 2.45) is 5.41 Å². The Balaban J connectivity index is 1.86. The molecule has 1 aliphatic rings. The molecular formula is C18H25N3O3. The van der Waals surface area contributed by atoms with E-state index in [0.29, 0.717) is 11.3 Å². The minimum atomic E-state index is -0.530. The molecule has 6 nitrogen and oxygen atoms in total. The number of likely N-dealkylation sites (tertiary alicyclic amines) is 1. The van der Waals surface area contributed by atoms with Crippen molar-refractivity contribution in [3.05, 3.63) is 29.8 Å². The van der Waals surface area contributed by atoms with Gasteiger partial charge in [0.25, 0.3) is 5.91 Å². The van der Waals surface area contributed by atoms with E-state index in [-0.39, 0.29) is 24.3 Å². The highest BCUT2D eigenvalue weighted by Gasteiger charge is 2.21. The lowest BCUT2D eigenvalue weighted by Crippen LogP contribution is -2.39. The van der Waals surface area contributed by atoms with E-state index in [2.05, 4.69) is 10.6 Å². The van der Waals surface area contributed by atoms with Gasteiger partial charge < -0.3 is 15.5 Å². The molecule has 0 bridgehead atoms. The van der Waals surface area contributed by atoms with E-state index >= 15 is 0 Å². The van der Waals surface area contributed by atoms with Crippen molar-refractivity contribution in [3.8, 4) is 0 Å². The first-order valence-corrected chi connectivity index (χ1v) is 8.25. The van der Waals surface area contributed by atoms with E-state index in [0.717, 1.165) is 25.9 Å². The molecule has 0 saturated carbocycles. The third kappa shape index (κ3) is 4.81. The molecule has 1 aliphatic heterocycles. The summed E-state index contributed by atoms with van der Waals surface area (Å²) in [6.45, 7) is 6.91. The second kappa shape index (κ2) is 7.47. The van der Waals surface area contributed by atoms with E-state index in [1.165, 1.54) is 0 Å². The van der Waals surface area contributed by atoms with E-state index < -0.39 is 5.41 Å². The van der Waals surface area contributed by atoms with Crippen LogP contribution in [0, 0.1) is 5.41 Å². The summed E-state index contributed by atoms with van der Waals surface area (Å²) >= 11 is 0. The summed E-state index contributed by atoms with van der Waals surface area (Å²) in [6, 6.07) is 6.83. The molecule has 0 atom stereocenters. The zero-order valence-corrected chi connectivity index (χ0v) is 14.5. The quantitative estimate of drug-likeness (QED) is 0.886. The molecule has 6 heteroatoms. The lowest BCUT2D eigenvalue weighted by molar-refractivity contribution is -0.130. The first-order chi connectivity index (χ1) is 11.3. The summed E-state index contributed by atoms with van der Waals surface area (Å²) in [4.78, 5) is 37.7. The number of nitrogens with zero attached hydrogens (tertiary/aromatic N) is 1. The summed E-state index contributed by atoms with van der Waals surface area (Å²) in [6.07, 6.45) is 2.11. The fraction of sp³-hybridized carbons (Fsp3) is 0.500. The van der Waals surface area contributed by atoms with Crippen molar-refractivity contribution in [2.75, 3.05) is 25.0 Å². The van der Waals surface area contributed by atoms with Crippen LogP contribution in [0.25, 0.3) is 0 Å². The standard InChI is InChI=1S/C18H25N3O3/c1-18(2,3)17(24)19-12-15(22)20-14-8-6-13(7-9-14)16(23)21-10-4-5-11-21/h6-9H,4-5,10-12H2,1-3H3,(H,19,24)(H,20,22). The minimum absolute atomic E-state index is 0.0304. The average molecular weight is 331 g/mol. The number of carbonyl (C=O) groups is 3. The van der Waals surface area contributed by atoms with Crippen LogP contribution >= 0.6 is 0 Å². The first kappa shape index (κ1) is 18.0. The predicted molar refractivity (Wildman–Crippen MR) is 92.7 cm³/mol.